The lowest BCUT2D eigenvalue weighted by molar-refractivity contribution is 0.283. The van der Waals surface area contributed by atoms with Gasteiger partial charge in [-0.2, -0.15) is 5.10 Å². The van der Waals surface area contributed by atoms with Crippen molar-refractivity contribution < 1.29 is 5.11 Å². The van der Waals surface area contributed by atoms with E-state index in [0.29, 0.717) is 16.2 Å². The molecule has 4 nitrogen and oxygen atoms in total. The van der Waals surface area contributed by atoms with E-state index >= 15 is 0 Å². The van der Waals surface area contributed by atoms with Crippen molar-refractivity contribution >= 4 is 17.1 Å². The molecule has 0 bridgehead atoms. The number of aliphatic hydroxyl groups excluding tert-OH is 1. The summed E-state index contributed by atoms with van der Waals surface area (Å²) in [4.78, 5) is 3.88. The fraction of sp³-hybridized carbons (Fsp3) is 0.143. The van der Waals surface area contributed by atoms with E-state index in [1.807, 2.05) is 0 Å². The van der Waals surface area contributed by atoms with Crippen LogP contribution in [0.25, 0.3) is 5.52 Å². The van der Waals surface area contributed by atoms with Crippen molar-refractivity contribution in [1.29, 1.82) is 0 Å². The Morgan fingerprint density at radius 3 is 3.17 bits per heavy atom. The van der Waals surface area contributed by atoms with Gasteiger partial charge >= 0.3 is 0 Å². The smallest absolute Gasteiger partial charge is 0.155 e. The second-order valence-corrected chi connectivity index (χ2v) is 2.70. The Kier molecular flexibility index (Phi) is 1.71. The summed E-state index contributed by atoms with van der Waals surface area (Å²) in [5, 5.41) is 13.3. The first-order chi connectivity index (χ1) is 5.83. The number of halogens is 1. The lowest BCUT2D eigenvalue weighted by Gasteiger charge is -1.95. The van der Waals surface area contributed by atoms with E-state index in [9.17, 15) is 0 Å². The molecule has 0 fully saturated rings. The van der Waals surface area contributed by atoms with Gasteiger partial charge in [-0.1, -0.05) is 11.6 Å². The molecule has 0 amide bonds. The van der Waals surface area contributed by atoms with Crippen LogP contribution in [0.15, 0.2) is 18.6 Å². The number of hydrogen-bond acceptors (Lipinski definition) is 3. The summed E-state index contributed by atoms with van der Waals surface area (Å²) < 4.78 is 1.58. The highest BCUT2D eigenvalue weighted by Gasteiger charge is 2.06. The first-order valence-electron chi connectivity index (χ1n) is 3.40. The van der Waals surface area contributed by atoms with E-state index in [2.05, 4.69) is 10.1 Å². The van der Waals surface area contributed by atoms with Gasteiger partial charge in [-0.3, -0.25) is 0 Å². The predicted molar refractivity (Wildman–Crippen MR) is 43.9 cm³/mol. The summed E-state index contributed by atoms with van der Waals surface area (Å²) in [5.74, 6) is 0. The lowest BCUT2D eigenvalue weighted by atomic mass is 10.3. The largest absolute Gasteiger partial charge is 0.392 e. The highest BCUT2D eigenvalue weighted by Crippen LogP contribution is 2.17. The molecule has 0 aliphatic carbocycles. The predicted octanol–water partition coefficient (Wildman–Crippen LogP) is 0.875. The highest BCUT2D eigenvalue weighted by atomic mass is 35.5. The summed E-state index contributed by atoms with van der Waals surface area (Å²) in [6.45, 7) is -0.0745. The Morgan fingerprint density at radius 2 is 2.42 bits per heavy atom. The summed E-state index contributed by atoms with van der Waals surface area (Å²) >= 11 is 5.80. The zero-order chi connectivity index (χ0) is 8.55. The first-order valence-corrected chi connectivity index (χ1v) is 3.78. The molecule has 0 saturated heterocycles. The average Bonchev–Trinajstić information content (AvgIpc) is 2.49. The second-order valence-electron chi connectivity index (χ2n) is 2.34. The molecule has 5 heteroatoms. The Bertz CT molecular complexity index is 412. The van der Waals surface area contributed by atoms with Crippen molar-refractivity contribution in [3.63, 3.8) is 0 Å². The number of nitrogens with zero attached hydrogens (tertiary/aromatic N) is 3. The van der Waals surface area contributed by atoms with E-state index in [-0.39, 0.29) is 6.61 Å². The molecular formula is C7H6ClN3O. The average molecular weight is 184 g/mol. The Balaban J connectivity index is 2.83. The molecule has 0 unspecified atom stereocenters. The van der Waals surface area contributed by atoms with Crippen LogP contribution in [0.2, 0.25) is 5.15 Å². The molecule has 0 radical (unpaired) electrons. The molecule has 0 saturated carbocycles. The third kappa shape index (κ3) is 0.964. The van der Waals surface area contributed by atoms with Crippen LogP contribution >= 0.6 is 11.6 Å². The number of aliphatic hydroxyl groups is 1. The zero-order valence-corrected chi connectivity index (χ0v) is 6.86. The van der Waals surface area contributed by atoms with Crippen LogP contribution in [0.5, 0.6) is 0 Å². The van der Waals surface area contributed by atoms with Gasteiger partial charge in [0.1, 0.15) is 5.52 Å². The highest BCUT2D eigenvalue weighted by molar-refractivity contribution is 6.32. The van der Waals surface area contributed by atoms with Crippen LogP contribution in [0.4, 0.5) is 0 Å². The number of aromatic nitrogens is 3. The van der Waals surface area contributed by atoms with Gasteiger partial charge in [0.2, 0.25) is 0 Å². The third-order valence-corrected chi connectivity index (χ3v) is 1.91. The van der Waals surface area contributed by atoms with E-state index < -0.39 is 0 Å². The van der Waals surface area contributed by atoms with Crippen molar-refractivity contribution in [2.24, 2.45) is 0 Å². The van der Waals surface area contributed by atoms with Crippen molar-refractivity contribution in [2.45, 2.75) is 6.61 Å². The maximum absolute atomic E-state index is 8.91. The van der Waals surface area contributed by atoms with E-state index in [1.165, 1.54) is 0 Å². The van der Waals surface area contributed by atoms with Gasteiger partial charge in [-0.05, 0) is 0 Å². The fourth-order valence-corrected chi connectivity index (χ4v) is 1.34. The maximum Gasteiger partial charge on any atom is 0.155 e. The number of fused-ring (bicyclic) bond motifs is 1. The molecule has 2 heterocycles. The van der Waals surface area contributed by atoms with Crippen molar-refractivity contribution in [2.75, 3.05) is 0 Å². The van der Waals surface area contributed by atoms with Crippen LogP contribution in [-0.4, -0.2) is 19.7 Å². The molecule has 2 aromatic rings. The van der Waals surface area contributed by atoms with Crippen LogP contribution in [0.1, 0.15) is 5.56 Å². The number of hydrogen-bond donors (Lipinski definition) is 1. The molecule has 0 aliphatic heterocycles. The molecule has 12 heavy (non-hydrogen) atoms. The van der Waals surface area contributed by atoms with Crippen molar-refractivity contribution in [1.82, 2.24) is 14.6 Å². The van der Waals surface area contributed by atoms with Gasteiger partial charge in [0.25, 0.3) is 0 Å². The first kappa shape index (κ1) is 7.52. The minimum absolute atomic E-state index is 0.0745. The maximum atomic E-state index is 8.91. The molecule has 0 atom stereocenters. The fourth-order valence-electron chi connectivity index (χ4n) is 1.08. The molecule has 62 valence electrons. The van der Waals surface area contributed by atoms with E-state index in [1.54, 1.807) is 23.1 Å². The Labute approximate surface area is 73.4 Å². The van der Waals surface area contributed by atoms with Crippen LogP contribution in [0, 0.1) is 0 Å². The zero-order valence-electron chi connectivity index (χ0n) is 6.11. The molecular weight excluding hydrogens is 178 g/mol. The molecule has 1 N–H and O–H groups in total. The third-order valence-electron chi connectivity index (χ3n) is 1.63. The SMILES string of the molecule is OCc1cnn2ccnc(Cl)c12. The molecule has 0 aliphatic rings. The van der Waals surface area contributed by atoms with Gasteiger partial charge in [0.05, 0.1) is 12.8 Å². The number of rotatable bonds is 1. The van der Waals surface area contributed by atoms with Crippen LogP contribution in [-0.2, 0) is 6.61 Å². The van der Waals surface area contributed by atoms with Crippen LogP contribution < -0.4 is 0 Å². The summed E-state index contributed by atoms with van der Waals surface area (Å²) in [5.41, 5.74) is 1.36. The van der Waals surface area contributed by atoms with E-state index in [4.69, 9.17) is 16.7 Å². The summed E-state index contributed by atoms with van der Waals surface area (Å²) in [6.07, 6.45) is 4.81. The quantitative estimate of drug-likeness (QED) is 0.714. The van der Waals surface area contributed by atoms with Crippen LogP contribution in [0.3, 0.4) is 0 Å². The van der Waals surface area contributed by atoms with Gasteiger partial charge in [0, 0.05) is 18.0 Å². The summed E-state index contributed by atoms with van der Waals surface area (Å²) in [6, 6.07) is 0. The topological polar surface area (TPSA) is 50.4 Å². The normalized spacial score (nSPS) is 10.8. The minimum atomic E-state index is -0.0745. The van der Waals surface area contributed by atoms with Crippen molar-refractivity contribution in [3.8, 4) is 0 Å². The minimum Gasteiger partial charge on any atom is -0.392 e. The standard InChI is InChI=1S/C7H6ClN3O/c8-7-6-5(4-12)3-10-11(6)2-1-9-7/h1-3,12H,4H2. The van der Waals surface area contributed by atoms with Gasteiger partial charge in [0.15, 0.2) is 5.15 Å². The molecule has 2 rings (SSSR count). The monoisotopic (exact) mass is 183 g/mol. The Hall–Kier alpha value is -1.13. The van der Waals surface area contributed by atoms with Crippen molar-refractivity contribution in [3.05, 3.63) is 29.3 Å². The van der Waals surface area contributed by atoms with Gasteiger partial charge in [-0.15, -0.1) is 0 Å². The molecule has 0 aromatic carbocycles. The van der Waals surface area contributed by atoms with E-state index in [0.717, 1.165) is 0 Å². The molecule has 0 spiro atoms. The molecule has 2 aromatic heterocycles. The van der Waals surface area contributed by atoms with Gasteiger partial charge < -0.3 is 5.11 Å². The second kappa shape index (κ2) is 2.73. The lowest BCUT2D eigenvalue weighted by Crippen LogP contribution is -1.89. The Morgan fingerprint density at radius 1 is 1.58 bits per heavy atom. The summed E-state index contributed by atoms with van der Waals surface area (Å²) in [7, 11) is 0. The van der Waals surface area contributed by atoms with Gasteiger partial charge in [-0.25, -0.2) is 9.50 Å².